The molecular weight excluding hydrogens is 435 g/mol. The van der Waals surface area contributed by atoms with E-state index in [1.54, 1.807) is 35.3 Å². The van der Waals surface area contributed by atoms with Crippen LogP contribution in [0.25, 0.3) is 0 Å². The van der Waals surface area contributed by atoms with Crippen molar-refractivity contribution in [1.29, 1.82) is 0 Å². The molecule has 0 saturated heterocycles. The van der Waals surface area contributed by atoms with Crippen molar-refractivity contribution in [1.82, 2.24) is 0 Å². The summed E-state index contributed by atoms with van der Waals surface area (Å²) in [6.45, 7) is 0. The average molecular weight is 456 g/mol. The lowest BCUT2D eigenvalue weighted by atomic mass is 10.3. The van der Waals surface area contributed by atoms with E-state index in [4.69, 9.17) is 4.99 Å². The maximum atomic E-state index is 4.95. The van der Waals surface area contributed by atoms with Gasteiger partial charge in [-0.25, -0.2) is 4.99 Å². The minimum absolute atomic E-state index is 0.950. The van der Waals surface area contributed by atoms with E-state index in [1.165, 1.54) is 18.9 Å². The highest BCUT2D eigenvalue weighted by molar-refractivity contribution is 8.22. The number of benzene rings is 4. The second-order valence-corrected chi connectivity index (χ2v) is 10.1. The Labute approximate surface area is 196 Å². The van der Waals surface area contributed by atoms with Crippen LogP contribution in [0.3, 0.4) is 0 Å². The van der Waals surface area contributed by atoms with Gasteiger partial charge in [-0.2, -0.15) is 0 Å². The SMILES string of the molecule is C(=C(Sc1ccccc1)Sc1ccccc1)/C(=N\c1ccccc1)Sc1ccccc1. The maximum Gasteiger partial charge on any atom is 0.103 e. The third kappa shape index (κ3) is 7.21. The molecule has 4 aromatic carbocycles. The van der Waals surface area contributed by atoms with E-state index >= 15 is 0 Å². The lowest BCUT2D eigenvalue weighted by molar-refractivity contribution is 1.46. The van der Waals surface area contributed by atoms with Crippen molar-refractivity contribution in [3.8, 4) is 0 Å². The summed E-state index contributed by atoms with van der Waals surface area (Å²) in [6.07, 6.45) is 2.19. The van der Waals surface area contributed by atoms with Crippen LogP contribution < -0.4 is 0 Å². The smallest absolute Gasteiger partial charge is 0.103 e. The Balaban J connectivity index is 1.70. The predicted molar refractivity (Wildman–Crippen MR) is 139 cm³/mol. The van der Waals surface area contributed by atoms with Crippen LogP contribution in [0.4, 0.5) is 5.69 Å². The molecule has 0 N–H and O–H groups in total. The van der Waals surface area contributed by atoms with Crippen LogP contribution in [0.1, 0.15) is 0 Å². The van der Waals surface area contributed by atoms with Crippen molar-refractivity contribution >= 4 is 46.0 Å². The number of rotatable bonds is 7. The summed E-state index contributed by atoms with van der Waals surface area (Å²) in [5, 5.41) is 0.958. The van der Waals surface area contributed by atoms with Crippen molar-refractivity contribution in [3.05, 3.63) is 132 Å². The van der Waals surface area contributed by atoms with Gasteiger partial charge in [-0.15, -0.1) is 0 Å². The van der Waals surface area contributed by atoms with Crippen molar-refractivity contribution < 1.29 is 0 Å². The number of hydrogen-bond donors (Lipinski definition) is 0. The van der Waals surface area contributed by atoms with Gasteiger partial charge in [0.2, 0.25) is 0 Å². The first-order valence-corrected chi connectivity index (χ1v) is 12.3. The second-order valence-electron chi connectivity index (χ2n) is 6.49. The van der Waals surface area contributed by atoms with Crippen molar-refractivity contribution in [2.45, 2.75) is 14.7 Å². The minimum Gasteiger partial charge on any atom is -0.242 e. The lowest BCUT2D eigenvalue weighted by Gasteiger charge is -2.09. The lowest BCUT2D eigenvalue weighted by Crippen LogP contribution is -1.89. The zero-order valence-electron chi connectivity index (χ0n) is 16.8. The highest BCUT2D eigenvalue weighted by Crippen LogP contribution is 2.40. The summed E-state index contributed by atoms with van der Waals surface area (Å²) in [4.78, 5) is 8.54. The van der Waals surface area contributed by atoms with Crippen molar-refractivity contribution in [2.75, 3.05) is 0 Å². The van der Waals surface area contributed by atoms with Gasteiger partial charge in [-0.05, 0) is 54.6 Å². The molecule has 31 heavy (non-hydrogen) atoms. The predicted octanol–water partition coefficient (Wildman–Crippen LogP) is 8.93. The Morgan fingerprint density at radius 3 is 1.32 bits per heavy atom. The van der Waals surface area contributed by atoms with Gasteiger partial charge in [-0.3, -0.25) is 0 Å². The Bertz CT molecular complexity index is 1080. The molecule has 4 heteroatoms. The van der Waals surface area contributed by atoms with Gasteiger partial charge in [0, 0.05) is 14.7 Å². The van der Waals surface area contributed by atoms with Crippen LogP contribution in [-0.2, 0) is 0 Å². The summed E-state index contributed by atoms with van der Waals surface area (Å²) in [5.41, 5.74) is 0.950. The van der Waals surface area contributed by atoms with Crippen molar-refractivity contribution in [3.63, 3.8) is 0 Å². The van der Waals surface area contributed by atoms with E-state index in [0.717, 1.165) is 10.7 Å². The normalized spacial score (nSPS) is 11.2. The summed E-state index contributed by atoms with van der Waals surface area (Å²) >= 11 is 5.21. The fraction of sp³-hybridized carbons (Fsp3) is 0. The van der Waals surface area contributed by atoms with Gasteiger partial charge in [0.1, 0.15) is 5.04 Å². The summed E-state index contributed by atoms with van der Waals surface area (Å²) in [5.74, 6) is 0. The number of aliphatic imine (C=N–C) groups is 1. The van der Waals surface area contributed by atoms with E-state index in [2.05, 4.69) is 78.9 Å². The van der Waals surface area contributed by atoms with Gasteiger partial charge >= 0.3 is 0 Å². The van der Waals surface area contributed by atoms with Gasteiger partial charge in [0.25, 0.3) is 0 Å². The Morgan fingerprint density at radius 1 is 0.484 bits per heavy atom. The molecule has 4 aromatic rings. The maximum absolute atomic E-state index is 4.95. The summed E-state index contributed by atoms with van der Waals surface area (Å²) in [6, 6.07) is 41.5. The van der Waals surface area contributed by atoms with E-state index in [-0.39, 0.29) is 0 Å². The molecule has 0 fully saturated rings. The first-order valence-electron chi connectivity index (χ1n) is 9.89. The van der Waals surface area contributed by atoms with E-state index in [0.29, 0.717) is 0 Å². The van der Waals surface area contributed by atoms with Gasteiger partial charge < -0.3 is 0 Å². The van der Waals surface area contributed by atoms with Crippen LogP contribution in [0.2, 0.25) is 0 Å². The van der Waals surface area contributed by atoms with Crippen LogP contribution in [0.15, 0.2) is 151 Å². The Hall–Kier alpha value is -2.66. The minimum atomic E-state index is 0.950. The molecule has 0 unspecified atom stereocenters. The second kappa shape index (κ2) is 11.7. The van der Waals surface area contributed by atoms with E-state index < -0.39 is 0 Å². The zero-order valence-corrected chi connectivity index (χ0v) is 19.2. The molecule has 0 spiro atoms. The fourth-order valence-electron chi connectivity index (χ4n) is 2.71. The van der Waals surface area contributed by atoms with E-state index in [1.807, 2.05) is 48.5 Å². The van der Waals surface area contributed by atoms with E-state index in [9.17, 15) is 0 Å². The largest absolute Gasteiger partial charge is 0.242 e. The molecule has 0 saturated carbocycles. The molecule has 0 aliphatic rings. The number of hydrogen-bond acceptors (Lipinski definition) is 4. The van der Waals surface area contributed by atoms with Gasteiger partial charge in [0.15, 0.2) is 0 Å². The van der Waals surface area contributed by atoms with Crippen LogP contribution in [0.5, 0.6) is 0 Å². The molecule has 0 atom stereocenters. The molecule has 0 aliphatic heterocycles. The molecule has 0 aromatic heterocycles. The third-order valence-electron chi connectivity index (χ3n) is 4.13. The molecule has 0 heterocycles. The molecular formula is C27H21NS3. The Kier molecular flexibility index (Phi) is 8.11. The number of para-hydroxylation sites is 1. The molecule has 152 valence electrons. The number of nitrogens with zero attached hydrogens (tertiary/aromatic N) is 1. The highest BCUT2D eigenvalue weighted by atomic mass is 32.2. The molecule has 1 nitrogen and oxygen atoms in total. The molecule has 0 aliphatic carbocycles. The fourth-order valence-corrected chi connectivity index (χ4v) is 5.86. The first-order chi connectivity index (χ1) is 15.3. The topological polar surface area (TPSA) is 12.4 Å². The third-order valence-corrected chi connectivity index (χ3v) is 7.21. The van der Waals surface area contributed by atoms with Crippen LogP contribution in [0, 0.1) is 0 Å². The van der Waals surface area contributed by atoms with Crippen LogP contribution in [-0.4, -0.2) is 5.04 Å². The Morgan fingerprint density at radius 2 is 0.871 bits per heavy atom. The molecule has 0 amide bonds. The zero-order chi connectivity index (χ0) is 21.1. The highest BCUT2D eigenvalue weighted by Gasteiger charge is 2.08. The quantitative estimate of drug-likeness (QED) is 0.157. The first kappa shape index (κ1) is 21.6. The standard InChI is InChI=1S/C27H21NS3/c1-5-13-22(14-6-1)28-26(29-23-15-7-2-8-16-23)21-27(30-24-17-9-3-10-18-24)31-25-19-11-4-12-20-25/h1-21H/b28-26+. The summed E-state index contributed by atoms with van der Waals surface area (Å²) < 4.78 is 1.18. The average Bonchev–Trinajstić information content (AvgIpc) is 2.82. The molecule has 0 radical (unpaired) electrons. The number of thioether (sulfide) groups is 3. The molecule has 0 bridgehead atoms. The van der Waals surface area contributed by atoms with Crippen LogP contribution >= 0.6 is 35.3 Å². The van der Waals surface area contributed by atoms with Crippen molar-refractivity contribution in [2.24, 2.45) is 4.99 Å². The summed E-state index contributed by atoms with van der Waals surface area (Å²) in [7, 11) is 0. The molecule has 4 rings (SSSR count). The monoisotopic (exact) mass is 455 g/mol. The van der Waals surface area contributed by atoms with Gasteiger partial charge in [0.05, 0.1) is 9.92 Å². The van der Waals surface area contributed by atoms with Gasteiger partial charge in [-0.1, -0.05) is 108 Å².